The van der Waals surface area contributed by atoms with Crippen molar-refractivity contribution in [3.05, 3.63) is 41.7 Å². The quantitative estimate of drug-likeness (QED) is 0.878. The van der Waals surface area contributed by atoms with Gasteiger partial charge in [0.1, 0.15) is 11.4 Å². The van der Waals surface area contributed by atoms with Crippen molar-refractivity contribution < 1.29 is 14.6 Å². The normalized spacial score (nSPS) is 12.2. The second kappa shape index (κ2) is 6.43. The molecule has 1 aromatic carbocycles. The SMILES string of the molecule is COc1ccc(CCC(O)c2c(OC)cnn2C)cc1. The fraction of sp³-hybridized carbons (Fsp3) is 0.400. The maximum Gasteiger partial charge on any atom is 0.162 e. The number of aromatic nitrogens is 2. The van der Waals surface area contributed by atoms with Gasteiger partial charge in [-0.2, -0.15) is 5.10 Å². The first-order valence-corrected chi connectivity index (χ1v) is 6.52. The summed E-state index contributed by atoms with van der Waals surface area (Å²) in [7, 11) is 5.03. The third-order valence-corrected chi connectivity index (χ3v) is 3.35. The molecular formula is C15H20N2O3. The Morgan fingerprint density at radius 1 is 1.20 bits per heavy atom. The van der Waals surface area contributed by atoms with E-state index in [0.717, 1.165) is 17.7 Å². The van der Waals surface area contributed by atoms with Crippen molar-refractivity contribution in [1.82, 2.24) is 9.78 Å². The molecule has 20 heavy (non-hydrogen) atoms. The predicted octanol–water partition coefficient (Wildman–Crippen LogP) is 2.10. The Bertz CT molecular complexity index is 549. The molecule has 0 aliphatic heterocycles. The first-order valence-electron chi connectivity index (χ1n) is 6.52. The van der Waals surface area contributed by atoms with Crippen LogP contribution in [-0.2, 0) is 13.5 Å². The molecule has 1 atom stereocenters. The first-order chi connectivity index (χ1) is 9.65. The number of rotatable bonds is 6. The van der Waals surface area contributed by atoms with Crippen LogP contribution in [0.4, 0.5) is 0 Å². The number of benzene rings is 1. The van der Waals surface area contributed by atoms with Crippen LogP contribution in [-0.4, -0.2) is 29.1 Å². The Hall–Kier alpha value is -2.01. The molecule has 1 heterocycles. The lowest BCUT2D eigenvalue weighted by Crippen LogP contribution is -2.07. The van der Waals surface area contributed by atoms with Crippen molar-refractivity contribution in [2.45, 2.75) is 18.9 Å². The van der Waals surface area contributed by atoms with Gasteiger partial charge in [-0.05, 0) is 30.5 Å². The number of nitrogens with zero attached hydrogens (tertiary/aromatic N) is 2. The molecular weight excluding hydrogens is 256 g/mol. The maximum absolute atomic E-state index is 10.3. The van der Waals surface area contributed by atoms with Crippen LogP contribution in [0.2, 0.25) is 0 Å². The molecule has 0 saturated carbocycles. The van der Waals surface area contributed by atoms with Gasteiger partial charge in [0, 0.05) is 7.05 Å². The zero-order valence-electron chi connectivity index (χ0n) is 12.0. The molecule has 0 spiro atoms. The molecule has 5 heteroatoms. The topological polar surface area (TPSA) is 56.5 Å². The van der Waals surface area contributed by atoms with Crippen molar-refractivity contribution in [1.29, 1.82) is 0 Å². The van der Waals surface area contributed by atoms with E-state index in [1.165, 1.54) is 0 Å². The molecule has 1 N–H and O–H groups in total. The average Bonchev–Trinajstić information content (AvgIpc) is 2.86. The number of methoxy groups -OCH3 is 2. The monoisotopic (exact) mass is 276 g/mol. The number of aliphatic hydroxyl groups is 1. The summed E-state index contributed by atoms with van der Waals surface area (Å²) >= 11 is 0. The maximum atomic E-state index is 10.3. The molecule has 5 nitrogen and oxygen atoms in total. The Balaban J connectivity index is 2.00. The lowest BCUT2D eigenvalue weighted by molar-refractivity contribution is 0.154. The first kappa shape index (κ1) is 14.4. The number of aliphatic hydroxyl groups excluding tert-OH is 1. The summed E-state index contributed by atoms with van der Waals surface area (Å²) in [6.45, 7) is 0. The standard InChI is InChI=1S/C15H20N2O3/c1-17-15(14(20-3)10-16-17)13(18)9-6-11-4-7-12(19-2)8-5-11/h4-5,7-8,10,13,18H,6,9H2,1-3H3. The third-order valence-electron chi connectivity index (χ3n) is 3.35. The molecule has 0 aliphatic carbocycles. The van der Waals surface area contributed by atoms with E-state index in [4.69, 9.17) is 9.47 Å². The summed E-state index contributed by atoms with van der Waals surface area (Å²) in [5.41, 5.74) is 1.87. The van der Waals surface area contributed by atoms with Gasteiger partial charge >= 0.3 is 0 Å². The van der Waals surface area contributed by atoms with Gasteiger partial charge in [0.25, 0.3) is 0 Å². The summed E-state index contributed by atoms with van der Waals surface area (Å²) in [5.74, 6) is 1.46. The van der Waals surface area contributed by atoms with Crippen LogP contribution < -0.4 is 9.47 Å². The molecule has 1 aromatic heterocycles. The van der Waals surface area contributed by atoms with Crippen LogP contribution in [0.3, 0.4) is 0 Å². The van der Waals surface area contributed by atoms with Gasteiger partial charge in [-0.25, -0.2) is 0 Å². The van der Waals surface area contributed by atoms with Gasteiger partial charge in [-0.15, -0.1) is 0 Å². The molecule has 2 rings (SSSR count). The third kappa shape index (κ3) is 3.11. The zero-order valence-corrected chi connectivity index (χ0v) is 12.0. The van der Waals surface area contributed by atoms with Crippen LogP contribution in [0.5, 0.6) is 11.5 Å². The Labute approximate surface area is 118 Å². The van der Waals surface area contributed by atoms with Crippen LogP contribution in [0, 0.1) is 0 Å². The van der Waals surface area contributed by atoms with Crippen molar-refractivity contribution in [2.24, 2.45) is 7.05 Å². The highest BCUT2D eigenvalue weighted by molar-refractivity contribution is 5.29. The van der Waals surface area contributed by atoms with E-state index in [9.17, 15) is 5.11 Å². The van der Waals surface area contributed by atoms with Crippen molar-refractivity contribution in [3.8, 4) is 11.5 Å². The predicted molar refractivity (Wildman–Crippen MR) is 76.0 cm³/mol. The Kier molecular flexibility index (Phi) is 4.63. The fourth-order valence-corrected chi connectivity index (χ4v) is 2.20. The van der Waals surface area contributed by atoms with Crippen molar-refractivity contribution in [3.63, 3.8) is 0 Å². The zero-order chi connectivity index (χ0) is 14.5. The van der Waals surface area contributed by atoms with E-state index >= 15 is 0 Å². The summed E-state index contributed by atoms with van der Waals surface area (Å²) in [5, 5.41) is 14.4. The average molecular weight is 276 g/mol. The highest BCUT2D eigenvalue weighted by Crippen LogP contribution is 2.27. The van der Waals surface area contributed by atoms with Crippen LogP contribution in [0.25, 0.3) is 0 Å². The minimum absolute atomic E-state index is 0.598. The van der Waals surface area contributed by atoms with E-state index in [0.29, 0.717) is 17.9 Å². The summed E-state index contributed by atoms with van der Waals surface area (Å²) < 4.78 is 12.0. The second-order valence-electron chi connectivity index (χ2n) is 4.62. The van der Waals surface area contributed by atoms with Crippen molar-refractivity contribution in [2.75, 3.05) is 14.2 Å². The molecule has 0 aliphatic rings. The van der Waals surface area contributed by atoms with Crippen molar-refractivity contribution >= 4 is 0 Å². The minimum Gasteiger partial charge on any atom is -0.497 e. The van der Waals surface area contributed by atoms with E-state index in [2.05, 4.69) is 5.10 Å². The largest absolute Gasteiger partial charge is 0.497 e. The number of ether oxygens (including phenoxy) is 2. The Morgan fingerprint density at radius 2 is 1.90 bits per heavy atom. The highest BCUT2D eigenvalue weighted by atomic mass is 16.5. The van der Waals surface area contributed by atoms with Gasteiger partial charge in [-0.1, -0.05) is 12.1 Å². The molecule has 108 valence electrons. The van der Waals surface area contributed by atoms with E-state index in [1.807, 2.05) is 24.3 Å². The van der Waals surface area contributed by atoms with E-state index in [1.54, 1.807) is 32.1 Å². The van der Waals surface area contributed by atoms with E-state index < -0.39 is 6.10 Å². The fourth-order valence-electron chi connectivity index (χ4n) is 2.20. The molecule has 1 unspecified atom stereocenters. The van der Waals surface area contributed by atoms with Crippen LogP contribution in [0.15, 0.2) is 30.5 Å². The van der Waals surface area contributed by atoms with Gasteiger partial charge in [-0.3, -0.25) is 4.68 Å². The smallest absolute Gasteiger partial charge is 0.162 e. The van der Waals surface area contributed by atoms with Gasteiger partial charge in [0.15, 0.2) is 5.75 Å². The van der Waals surface area contributed by atoms with Crippen LogP contribution >= 0.6 is 0 Å². The lowest BCUT2D eigenvalue weighted by atomic mass is 10.0. The number of aryl methyl sites for hydroxylation is 2. The summed E-state index contributed by atoms with van der Waals surface area (Å²) in [6.07, 6.45) is 2.41. The summed E-state index contributed by atoms with van der Waals surface area (Å²) in [4.78, 5) is 0. The molecule has 0 amide bonds. The van der Waals surface area contributed by atoms with Crippen LogP contribution in [0.1, 0.15) is 23.8 Å². The number of hydrogen-bond donors (Lipinski definition) is 1. The molecule has 0 bridgehead atoms. The second-order valence-corrected chi connectivity index (χ2v) is 4.62. The molecule has 2 aromatic rings. The molecule has 0 radical (unpaired) electrons. The summed E-state index contributed by atoms with van der Waals surface area (Å²) in [6, 6.07) is 7.86. The minimum atomic E-state index is -0.598. The number of hydrogen-bond acceptors (Lipinski definition) is 4. The van der Waals surface area contributed by atoms with E-state index in [-0.39, 0.29) is 0 Å². The highest BCUT2D eigenvalue weighted by Gasteiger charge is 2.18. The molecule has 0 saturated heterocycles. The molecule has 0 fully saturated rings. The lowest BCUT2D eigenvalue weighted by Gasteiger charge is -2.13. The van der Waals surface area contributed by atoms with Gasteiger partial charge in [0.2, 0.25) is 0 Å². The Morgan fingerprint density at radius 3 is 2.50 bits per heavy atom. The van der Waals surface area contributed by atoms with Gasteiger partial charge < -0.3 is 14.6 Å². The van der Waals surface area contributed by atoms with Gasteiger partial charge in [0.05, 0.1) is 26.5 Å².